The van der Waals surface area contributed by atoms with Gasteiger partial charge in [0.25, 0.3) is 0 Å². The van der Waals surface area contributed by atoms with E-state index in [1.54, 1.807) is 0 Å². The molecular weight excluding hydrogens is 216 g/mol. The van der Waals surface area contributed by atoms with E-state index in [0.717, 1.165) is 32.2 Å². The third-order valence-electron chi connectivity index (χ3n) is 3.77. The molecule has 1 amide bonds. The first-order chi connectivity index (χ1) is 7.90. The largest absolute Gasteiger partial charge is 0.444 e. The maximum Gasteiger partial charge on any atom is 0.410 e. The van der Waals surface area contributed by atoms with E-state index < -0.39 is 5.60 Å². The fraction of sp³-hybridized carbons (Fsp3) is 0.923. The average molecular weight is 240 g/mol. The summed E-state index contributed by atoms with van der Waals surface area (Å²) in [6, 6.07) is 0.717. The summed E-state index contributed by atoms with van der Waals surface area (Å²) in [6.45, 7) is 6.49. The Morgan fingerprint density at radius 3 is 2.24 bits per heavy atom. The number of hydrogen-bond donors (Lipinski definition) is 1. The van der Waals surface area contributed by atoms with Gasteiger partial charge >= 0.3 is 6.09 Å². The summed E-state index contributed by atoms with van der Waals surface area (Å²) in [5.74, 6) is 0.589. The van der Waals surface area contributed by atoms with Gasteiger partial charge in [0.15, 0.2) is 0 Å². The monoisotopic (exact) mass is 240 g/mol. The molecule has 98 valence electrons. The fourth-order valence-electron chi connectivity index (χ4n) is 3.09. The van der Waals surface area contributed by atoms with Crippen molar-refractivity contribution in [1.29, 1.82) is 0 Å². The minimum Gasteiger partial charge on any atom is -0.444 e. The van der Waals surface area contributed by atoms with Crippen molar-refractivity contribution < 1.29 is 9.53 Å². The number of amides is 1. The second-order valence-corrected chi connectivity index (χ2v) is 6.35. The van der Waals surface area contributed by atoms with Crippen LogP contribution in [0.2, 0.25) is 0 Å². The van der Waals surface area contributed by atoms with Crippen LogP contribution in [-0.4, -0.2) is 35.2 Å². The first kappa shape index (κ1) is 12.7. The number of carbonyl (C=O) groups is 1. The zero-order valence-electron chi connectivity index (χ0n) is 11.1. The number of piperidine rings is 1. The van der Waals surface area contributed by atoms with Crippen LogP contribution in [0.3, 0.4) is 0 Å². The molecule has 3 atom stereocenters. The van der Waals surface area contributed by atoms with E-state index in [2.05, 4.69) is 0 Å². The van der Waals surface area contributed by atoms with Gasteiger partial charge in [-0.2, -0.15) is 0 Å². The van der Waals surface area contributed by atoms with Crippen molar-refractivity contribution in [3.05, 3.63) is 0 Å². The molecule has 4 nitrogen and oxygen atoms in total. The molecule has 0 spiro atoms. The molecule has 0 aromatic heterocycles. The van der Waals surface area contributed by atoms with E-state index in [9.17, 15) is 4.79 Å². The summed E-state index contributed by atoms with van der Waals surface area (Å²) >= 11 is 0. The molecule has 2 fully saturated rings. The van der Waals surface area contributed by atoms with E-state index in [0.29, 0.717) is 18.0 Å². The van der Waals surface area contributed by atoms with Crippen LogP contribution >= 0.6 is 0 Å². The molecule has 2 saturated heterocycles. The Labute approximate surface area is 103 Å². The third-order valence-corrected chi connectivity index (χ3v) is 3.77. The second kappa shape index (κ2) is 4.48. The van der Waals surface area contributed by atoms with Crippen LogP contribution < -0.4 is 5.73 Å². The highest BCUT2D eigenvalue weighted by Gasteiger charge is 2.44. The fourth-order valence-corrected chi connectivity index (χ4v) is 3.09. The summed E-state index contributed by atoms with van der Waals surface area (Å²) in [7, 11) is 0. The zero-order chi connectivity index (χ0) is 12.6. The molecule has 1 unspecified atom stereocenters. The molecule has 2 bridgehead atoms. The lowest BCUT2D eigenvalue weighted by atomic mass is 9.91. The van der Waals surface area contributed by atoms with E-state index in [4.69, 9.17) is 10.5 Å². The Balaban J connectivity index is 2.01. The second-order valence-electron chi connectivity index (χ2n) is 6.35. The van der Waals surface area contributed by atoms with Gasteiger partial charge in [-0.05, 0) is 58.9 Å². The van der Waals surface area contributed by atoms with Crippen LogP contribution in [0.4, 0.5) is 4.79 Å². The molecule has 2 rings (SSSR count). The molecule has 0 aromatic carbocycles. The number of hydrogen-bond acceptors (Lipinski definition) is 3. The number of nitrogens with zero attached hydrogens (tertiary/aromatic N) is 1. The molecule has 0 saturated carbocycles. The molecule has 2 N–H and O–H groups in total. The maximum atomic E-state index is 12.1. The summed E-state index contributed by atoms with van der Waals surface area (Å²) < 4.78 is 5.48. The minimum absolute atomic E-state index is 0.138. The molecular formula is C13H24N2O2. The van der Waals surface area contributed by atoms with Crippen molar-refractivity contribution in [3.63, 3.8) is 0 Å². The quantitative estimate of drug-likeness (QED) is 0.764. The van der Waals surface area contributed by atoms with Gasteiger partial charge < -0.3 is 15.4 Å². The lowest BCUT2D eigenvalue weighted by Crippen LogP contribution is -2.49. The van der Waals surface area contributed by atoms with Gasteiger partial charge in [-0.3, -0.25) is 0 Å². The van der Waals surface area contributed by atoms with E-state index in [1.165, 1.54) is 0 Å². The van der Waals surface area contributed by atoms with Crippen molar-refractivity contribution in [1.82, 2.24) is 4.90 Å². The van der Waals surface area contributed by atoms with Crippen LogP contribution in [0.1, 0.15) is 46.5 Å². The highest BCUT2D eigenvalue weighted by molar-refractivity contribution is 5.69. The number of nitrogens with two attached hydrogens (primary N) is 1. The van der Waals surface area contributed by atoms with Gasteiger partial charge in [0, 0.05) is 12.1 Å². The Bertz CT molecular complexity index is 284. The number of fused-ring (bicyclic) bond motifs is 2. The summed E-state index contributed by atoms with van der Waals surface area (Å²) in [6.07, 6.45) is 4.18. The van der Waals surface area contributed by atoms with Gasteiger partial charge in [0.05, 0.1) is 0 Å². The van der Waals surface area contributed by atoms with Crippen molar-refractivity contribution in [3.8, 4) is 0 Å². The molecule has 0 aromatic rings. The van der Waals surface area contributed by atoms with Crippen LogP contribution in [0.5, 0.6) is 0 Å². The lowest BCUT2D eigenvalue weighted by molar-refractivity contribution is 0.00261. The van der Waals surface area contributed by atoms with Crippen LogP contribution in [0, 0.1) is 5.92 Å². The van der Waals surface area contributed by atoms with E-state index in [-0.39, 0.29) is 6.09 Å². The minimum atomic E-state index is -0.402. The predicted molar refractivity (Wildman–Crippen MR) is 66.7 cm³/mol. The zero-order valence-corrected chi connectivity index (χ0v) is 11.1. The molecule has 0 radical (unpaired) electrons. The van der Waals surface area contributed by atoms with E-state index >= 15 is 0 Å². The van der Waals surface area contributed by atoms with Crippen LogP contribution in [0.25, 0.3) is 0 Å². The Kier molecular flexibility index (Phi) is 3.34. The van der Waals surface area contributed by atoms with Crippen molar-refractivity contribution >= 4 is 6.09 Å². The number of ether oxygens (including phenoxy) is 1. The molecule has 2 heterocycles. The van der Waals surface area contributed by atoms with Gasteiger partial charge in [-0.15, -0.1) is 0 Å². The molecule has 4 heteroatoms. The van der Waals surface area contributed by atoms with Gasteiger partial charge in [0.2, 0.25) is 0 Å². The summed E-state index contributed by atoms with van der Waals surface area (Å²) in [5.41, 5.74) is 5.34. The maximum absolute atomic E-state index is 12.1. The molecule has 2 aliphatic heterocycles. The standard InChI is InChI=1S/C13H24N2O2/c1-13(2,3)17-12(16)15-10-4-5-11(15)7-9(6-10)8-14/h9-11H,4-8,14H2,1-3H3/t9?,10-,11+. The van der Waals surface area contributed by atoms with Gasteiger partial charge in [-0.25, -0.2) is 4.79 Å². The Morgan fingerprint density at radius 2 is 1.82 bits per heavy atom. The summed E-state index contributed by atoms with van der Waals surface area (Å²) in [5, 5.41) is 0. The van der Waals surface area contributed by atoms with Gasteiger partial charge in [-0.1, -0.05) is 0 Å². The average Bonchev–Trinajstić information content (AvgIpc) is 2.47. The first-order valence-electron chi connectivity index (χ1n) is 6.62. The lowest BCUT2D eigenvalue weighted by Gasteiger charge is -2.39. The smallest absolute Gasteiger partial charge is 0.410 e. The van der Waals surface area contributed by atoms with Crippen LogP contribution in [-0.2, 0) is 4.74 Å². The Hall–Kier alpha value is -0.770. The summed E-state index contributed by atoms with van der Waals surface area (Å²) in [4.78, 5) is 14.1. The molecule has 0 aliphatic carbocycles. The van der Waals surface area contributed by atoms with E-state index in [1.807, 2.05) is 25.7 Å². The topological polar surface area (TPSA) is 55.6 Å². The number of carbonyl (C=O) groups excluding carboxylic acids is 1. The highest BCUT2D eigenvalue weighted by Crippen LogP contribution is 2.39. The molecule has 17 heavy (non-hydrogen) atoms. The third kappa shape index (κ3) is 2.73. The van der Waals surface area contributed by atoms with Crippen molar-refractivity contribution in [2.45, 2.75) is 64.1 Å². The normalized spacial score (nSPS) is 32.7. The van der Waals surface area contributed by atoms with Crippen molar-refractivity contribution in [2.75, 3.05) is 6.54 Å². The van der Waals surface area contributed by atoms with Crippen molar-refractivity contribution in [2.24, 2.45) is 11.7 Å². The first-order valence-corrected chi connectivity index (χ1v) is 6.62. The Morgan fingerprint density at radius 1 is 1.29 bits per heavy atom. The number of rotatable bonds is 1. The molecule has 2 aliphatic rings. The highest BCUT2D eigenvalue weighted by atomic mass is 16.6. The van der Waals surface area contributed by atoms with Crippen LogP contribution in [0.15, 0.2) is 0 Å². The van der Waals surface area contributed by atoms with Gasteiger partial charge in [0.1, 0.15) is 5.60 Å². The predicted octanol–water partition coefficient (Wildman–Crippen LogP) is 2.12. The SMILES string of the molecule is CC(C)(C)OC(=O)N1[C@@H]2CC[C@H]1CC(CN)C2.